The minimum atomic E-state index is -0.337. The molecular formula is C21H30O2Se. The van der Waals surface area contributed by atoms with Gasteiger partial charge in [-0.05, 0) is 0 Å². The van der Waals surface area contributed by atoms with Gasteiger partial charge in [0.05, 0.1) is 0 Å². The van der Waals surface area contributed by atoms with Gasteiger partial charge in [0.25, 0.3) is 0 Å². The molecule has 0 aromatic heterocycles. The molecule has 24 heavy (non-hydrogen) atoms. The van der Waals surface area contributed by atoms with Gasteiger partial charge in [-0.25, -0.2) is 0 Å². The zero-order chi connectivity index (χ0) is 17.0. The number of rotatable bonds is 12. The van der Waals surface area contributed by atoms with Crippen LogP contribution in [0.1, 0.15) is 45.4 Å². The Kier molecular flexibility index (Phi) is 9.45. The first kappa shape index (κ1) is 19.5. The average molecular weight is 393 g/mol. The molecule has 3 heteroatoms. The van der Waals surface area contributed by atoms with E-state index >= 15 is 0 Å². The Morgan fingerprint density at radius 2 is 1.71 bits per heavy atom. The molecule has 0 amide bonds. The third-order valence-corrected chi connectivity index (χ3v) is 6.50. The van der Waals surface area contributed by atoms with Crippen LogP contribution < -0.4 is 4.46 Å². The maximum absolute atomic E-state index is 10.1. The number of aliphatic hydroxyl groups excluding tert-OH is 1. The van der Waals surface area contributed by atoms with Crippen molar-refractivity contribution in [2.24, 2.45) is 0 Å². The third-order valence-electron chi connectivity index (χ3n) is 4.12. The second-order valence-electron chi connectivity index (χ2n) is 6.32. The normalized spacial score (nSPS) is 12.6. The van der Waals surface area contributed by atoms with Crippen LogP contribution in [0.3, 0.4) is 0 Å². The van der Waals surface area contributed by atoms with Gasteiger partial charge < -0.3 is 0 Å². The molecule has 0 bridgehead atoms. The van der Waals surface area contributed by atoms with Crippen LogP contribution in [0.25, 0.3) is 10.8 Å². The van der Waals surface area contributed by atoms with Gasteiger partial charge in [0.1, 0.15) is 0 Å². The van der Waals surface area contributed by atoms with Crippen molar-refractivity contribution in [1.82, 2.24) is 0 Å². The van der Waals surface area contributed by atoms with E-state index in [1.165, 1.54) is 47.3 Å². The summed E-state index contributed by atoms with van der Waals surface area (Å²) in [6, 6.07) is 15.0. The van der Waals surface area contributed by atoms with Crippen molar-refractivity contribution in [3.05, 3.63) is 42.5 Å². The van der Waals surface area contributed by atoms with Gasteiger partial charge in [0, 0.05) is 0 Å². The van der Waals surface area contributed by atoms with Crippen molar-refractivity contribution in [3.63, 3.8) is 0 Å². The van der Waals surface area contributed by atoms with Crippen LogP contribution in [0, 0.1) is 0 Å². The second kappa shape index (κ2) is 11.7. The molecule has 0 heterocycles. The van der Waals surface area contributed by atoms with Crippen LogP contribution in [-0.2, 0) is 4.74 Å². The first-order valence-corrected chi connectivity index (χ1v) is 11.2. The molecule has 0 saturated heterocycles. The summed E-state index contributed by atoms with van der Waals surface area (Å²) in [6.07, 6.45) is 7.32. The first-order valence-electron chi connectivity index (χ1n) is 9.17. The number of aliphatic hydroxyl groups is 1. The molecule has 2 rings (SSSR count). The molecule has 2 aromatic carbocycles. The van der Waals surface area contributed by atoms with E-state index in [0.29, 0.717) is 21.6 Å². The van der Waals surface area contributed by atoms with Gasteiger partial charge >= 0.3 is 153 Å². The summed E-state index contributed by atoms with van der Waals surface area (Å²) in [7, 11) is 0. The van der Waals surface area contributed by atoms with E-state index in [4.69, 9.17) is 4.74 Å². The fraction of sp³-hybridized carbons (Fsp3) is 0.524. The maximum atomic E-state index is 10.1. The Morgan fingerprint density at radius 1 is 0.958 bits per heavy atom. The summed E-state index contributed by atoms with van der Waals surface area (Å²) >= 11 is 0.299. The molecule has 2 aromatic rings. The molecule has 0 radical (unpaired) electrons. The van der Waals surface area contributed by atoms with E-state index in [2.05, 4.69) is 49.4 Å². The number of benzene rings is 2. The molecule has 0 fully saturated rings. The summed E-state index contributed by atoms with van der Waals surface area (Å²) in [5, 5.41) is 13.5. The van der Waals surface area contributed by atoms with Gasteiger partial charge in [-0.1, -0.05) is 0 Å². The van der Waals surface area contributed by atoms with Crippen LogP contribution in [0.4, 0.5) is 0 Å². The Hall–Kier alpha value is -0.861. The molecule has 1 unspecified atom stereocenters. The fourth-order valence-electron chi connectivity index (χ4n) is 2.70. The van der Waals surface area contributed by atoms with Gasteiger partial charge in [0.15, 0.2) is 0 Å². The predicted octanol–water partition coefficient (Wildman–Crippen LogP) is 4.33. The van der Waals surface area contributed by atoms with Crippen molar-refractivity contribution in [2.75, 3.05) is 13.2 Å². The number of hydrogen-bond donors (Lipinski definition) is 1. The van der Waals surface area contributed by atoms with E-state index in [-0.39, 0.29) is 6.10 Å². The molecule has 0 aliphatic heterocycles. The van der Waals surface area contributed by atoms with E-state index in [1.54, 1.807) is 0 Å². The number of unbranched alkanes of at least 4 members (excludes halogenated alkanes) is 5. The molecule has 0 spiro atoms. The summed E-state index contributed by atoms with van der Waals surface area (Å²) in [6.45, 7) is 3.50. The van der Waals surface area contributed by atoms with E-state index in [0.717, 1.165) is 18.3 Å². The third kappa shape index (κ3) is 7.36. The van der Waals surface area contributed by atoms with Crippen molar-refractivity contribution in [3.8, 4) is 0 Å². The number of hydrogen-bond acceptors (Lipinski definition) is 2. The van der Waals surface area contributed by atoms with Gasteiger partial charge in [-0.3, -0.25) is 0 Å². The minimum absolute atomic E-state index is 0.299. The standard InChI is InChI=1S/C21H30O2Se/c1-2-3-4-5-6-9-14-23-16-20(22)17-24-21-13-12-18-10-7-8-11-19(18)15-21/h7-8,10-13,15,20,22H,2-6,9,14,16-17H2,1H3. The summed E-state index contributed by atoms with van der Waals surface area (Å²) in [5.74, 6) is 0. The molecule has 132 valence electrons. The molecule has 1 atom stereocenters. The SMILES string of the molecule is CCCCCCCCOCC(O)C[Se]c1ccc2ccccc2c1. The van der Waals surface area contributed by atoms with Crippen molar-refractivity contribution >= 4 is 30.2 Å². The fourth-order valence-corrected chi connectivity index (χ4v) is 4.50. The van der Waals surface area contributed by atoms with Crippen molar-refractivity contribution in [2.45, 2.75) is 56.9 Å². The predicted molar refractivity (Wildman–Crippen MR) is 104 cm³/mol. The van der Waals surface area contributed by atoms with Crippen molar-refractivity contribution in [1.29, 1.82) is 0 Å². The second-order valence-corrected chi connectivity index (χ2v) is 8.61. The summed E-state index contributed by atoms with van der Waals surface area (Å²) in [5.41, 5.74) is 0. The van der Waals surface area contributed by atoms with Crippen LogP contribution in [0.2, 0.25) is 5.32 Å². The van der Waals surface area contributed by atoms with E-state index in [9.17, 15) is 5.11 Å². The van der Waals surface area contributed by atoms with E-state index in [1.807, 2.05) is 0 Å². The number of ether oxygens (including phenoxy) is 1. The van der Waals surface area contributed by atoms with Crippen LogP contribution in [0.5, 0.6) is 0 Å². The monoisotopic (exact) mass is 394 g/mol. The van der Waals surface area contributed by atoms with Gasteiger partial charge in [0.2, 0.25) is 0 Å². The molecule has 0 aliphatic rings. The topological polar surface area (TPSA) is 29.5 Å². The molecule has 0 aliphatic carbocycles. The molecule has 0 saturated carbocycles. The van der Waals surface area contributed by atoms with Crippen LogP contribution in [0.15, 0.2) is 42.5 Å². The number of fused-ring (bicyclic) bond motifs is 1. The summed E-state index contributed by atoms with van der Waals surface area (Å²) in [4.78, 5) is 0. The zero-order valence-corrected chi connectivity index (χ0v) is 16.5. The van der Waals surface area contributed by atoms with Crippen molar-refractivity contribution < 1.29 is 9.84 Å². The van der Waals surface area contributed by atoms with E-state index < -0.39 is 0 Å². The quantitative estimate of drug-likeness (QED) is 0.430. The molecular weight excluding hydrogens is 363 g/mol. The Morgan fingerprint density at radius 3 is 2.54 bits per heavy atom. The molecule has 1 N–H and O–H groups in total. The Balaban J connectivity index is 1.58. The zero-order valence-electron chi connectivity index (χ0n) is 14.7. The summed E-state index contributed by atoms with van der Waals surface area (Å²) < 4.78 is 6.96. The molecule has 2 nitrogen and oxygen atoms in total. The first-order chi connectivity index (χ1) is 11.8. The van der Waals surface area contributed by atoms with Gasteiger partial charge in [-0.15, -0.1) is 0 Å². The average Bonchev–Trinajstić information content (AvgIpc) is 2.62. The van der Waals surface area contributed by atoms with Crippen LogP contribution in [-0.4, -0.2) is 39.4 Å². The Bertz CT molecular complexity index is 585. The van der Waals surface area contributed by atoms with Crippen LogP contribution >= 0.6 is 0 Å². The van der Waals surface area contributed by atoms with Gasteiger partial charge in [-0.2, -0.15) is 0 Å². The Labute approximate surface area is 152 Å².